The quantitative estimate of drug-likeness (QED) is 0.851. The van der Waals surface area contributed by atoms with Gasteiger partial charge in [0, 0.05) is 0 Å². The lowest BCUT2D eigenvalue weighted by atomic mass is 10.00. The zero-order chi connectivity index (χ0) is 12.3. The number of carboxylic acids is 1. The Morgan fingerprint density at radius 1 is 1.56 bits per heavy atom. The minimum atomic E-state index is -1.56. The molecular weight excluding hydrogens is 232 g/mol. The molecule has 0 bridgehead atoms. The molecule has 1 aromatic carbocycles. The SMILES string of the molecule is CCc1cc(OC)c(Cl)cc1C(O)C(=O)O. The van der Waals surface area contributed by atoms with E-state index in [1.807, 2.05) is 6.92 Å². The maximum absolute atomic E-state index is 10.7. The molecule has 16 heavy (non-hydrogen) atoms. The fourth-order valence-electron chi connectivity index (χ4n) is 1.46. The molecule has 5 heteroatoms. The van der Waals surface area contributed by atoms with Gasteiger partial charge in [-0.2, -0.15) is 0 Å². The van der Waals surface area contributed by atoms with Crippen LogP contribution in [-0.4, -0.2) is 23.3 Å². The van der Waals surface area contributed by atoms with Crippen LogP contribution in [0.3, 0.4) is 0 Å². The number of aryl methyl sites for hydroxylation is 1. The van der Waals surface area contributed by atoms with Gasteiger partial charge in [0.1, 0.15) is 5.75 Å². The van der Waals surface area contributed by atoms with Gasteiger partial charge in [0.25, 0.3) is 0 Å². The number of aliphatic hydroxyl groups is 1. The van der Waals surface area contributed by atoms with Crippen molar-refractivity contribution in [3.63, 3.8) is 0 Å². The summed E-state index contributed by atoms with van der Waals surface area (Å²) < 4.78 is 5.02. The smallest absolute Gasteiger partial charge is 0.337 e. The molecule has 0 radical (unpaired) electrons. The van der Waals surface area contributed by atoms with Crippen molar-refractivity contribution in [1.82, 2.24) is 0 Å². The Bertz CT molecular complexity index is 403. The first kappa shape index (κ1) is 12.8. The molecule has 0 saturated carbocycles. The Hall–Kier alpha value is -1.26. The molecule has 0 saturated heterocycles. The molecule has 0 aliphatic heterocycles. The summed E-state index contributed by atoms with van der Waals surface area (Å²) in [6.07, 6.45) is -0.967. The lowest BCUT2D eigenvalue weighted by Gasteiger charge is -2.14. The molecule has 0 fully saturated rings. The molecule has 0 spiro atoms. The van der Waals surface area contributed by atoms with E-state index in [0.717, 1.165) is 0 Å². The highest BCUT2D eigenvalue weighted by Gasteiger charge is 2.20. The molecule has 1 atom stereocenters. The van der Waals surface area contributed by atoms with E-state index in [1.54, 1.807) is 6.07 Å². The lowest BCUT2D eigenvalue weighted by molar-refractivity contribution is -0.147. The minimum absolute atomic E-state index is 0.287. The number of methoxy groups -OCH3 is 1. The molecule has 0 aromatic heterocycles. The standard InChI is InChI=1S/C11H13ClO4/c1-3-6-4-9(16-2)8(12)5-7(6)10(13)11(14)15/h4-5,10,13H,3H2,1-2H3,(H,14,15). The fourth-order valence-corrected chi connectivity index (χ4v) is 1.71. The van der Waals surface area contributed by atoms with Crippen molar-refractivity contribution in [1.29, 1.82) is 0 Å². The first-order chi connectivity index (χ1) is 7.51. The van der Waals surface area contributed by atoms with E-state index >= 15 is 0 Å². The molecule has 1 aromatic rings. The van der Waals surface area contributed by atoms with E-state index in [0.29, 0.717) is 23.3 Å². The molecule has 1 unspecified atom stereocenters. The van der Waals surface area contributed by atoms with Crippen LogP contribution < -0.4 is 4.74 Å². The monoisotopic (exact) mass is 244 g/mol. The maximum atomic E-state index is 10.7. The second-order valence-corrected chi connectivity index (χ2v) is 3.69. The summed E-state index contributed by atoms with van der Waals surface area (Å²) in [4.78, 5) is 10.7. The zero-order valence-electron chi connectivity index (χ0n) is 9.03. The average molecular weight is 245 g/mol. The predicted molar refractivity (Wildman–Crippen MR) is 60.0 cm³/mol. The van der Waals surface area contributed by atoms with E-state index in [2.05, 4.69) is 0 Å². The van der Waals surface area contributed by atoms with Crippen LogP contribution in [0.5, 0.6) is 5.75 Å². The van der Waals surface area contributed by atoms with Crippen molar-refractivity contribution in [2.45, 2.75) is 19.4 Å². The van der Waals surface area contributed by atoms with Gasteiger partial charge < -0.3 is 14.9 Å². The summed E-state index contributed by atoms with van der Waals surface area (Å²) >= 11 is 5.88. The number of hydrogen-bond donors (Lipinski definition) is 2. The number of aliphatic carboxylic acids is 1. The molecule has 0 amide bonds. The maximum Gasteiger partial charge on any atom is 0.337 e. The van der Waals surface area contributed by atoms with Gasteiger partial charge in [-0.1, -0.05) is 18.5 Å². The van der Waals surface area contributed by atoms with Crippen molar-refractivity contribution in [3.8, 4) is 5.75 Å². The highest BCUT2D eigenvalue weighted by molar-refractivity contribution is 6.32. The van der Waals surface area contributed by atoms with Gasteiger partial charge in [-0.25, -0.2) is 4.79 Å². The van der Waals surface area contributed by atoms with Gasteiger partial charge in [-0.3, -0.25) is 0 Å². The van der Waals surface area contributed by atoms with Crippen molar-refractivity contribution < 1.29 is 19.7 Å². The zero-order valence-corrected chi connectivity index (χ0v) is 9.78. The lowest BCUT2D eigenvalue weighted by Crippen LogP contribution is -2.12. The Morgan fingerprint density at radius 3 is 2.62 bits per heavy atom. The molecule has 4 nitrogen and oxygen atoms in total. The number of carbonyl (C=O) groups is 1. The number of hydrogen-bond acceptors (Lipinski definition) is 3. The number of halogens is 1. The summed E-state index contributed by atoms with van der Waals surface area (Å²) in [5.41, 5.74) is 1.01. The van der Waals surface area contributed by atoms with E-state index in [-0.39, 0.29) is 5.02 Å². The number of rotatable bonds is 4. The third kappa shape index (κ3) is 2.46. The van der Waals surface area contributed by atoms with E-state index in [1.165, 1.54) is 13.2 Å². The summed E-state index contributed by atoms with van der Waals surface area (Å²) in [5, 5.41) is 18.5. The van der Waals surface area contributed by atoms with Crippen LogP contribution >= 0.6 is 11.6 Å². The summed E-state index contributed by atoms with van der Waals surface area (Å²) in [7, 11) is 1.48. The third-order valence-corrected chi connectivity index (χ3v) is 2.62. The first-order valence-electron chi connectivity index (χ1n) is 4.78. The largest absolute Gasteiger partial charge is 0.495 e. The third-order valence-electron chi connectivity index (χ3n) is 2.32. The van der Waals surface area contributed by atoms with Gasteiger partial charge >= 0.3 is 5.97 Å². The van der Waals surface area contributed by atoms with Crippen LogP contribution in [-0.2, 0) is 11.2 Å². The highest BCUT2D eigenvalue weighted by Crippen LogP contribution is 2.31. The van der Waals surface area contributed by atoms with Gasteiger partial charge in [-0.15, -0.1) is 0 Å². The number of carboxylic acid groups (broad SMARTS) is 1. The van der Waals surface area contributed by atoms with Crippen molar-refractivity contribution in [3.05, 3.63) is 28.3 Å². The second-order valence-electron chi connectivity index (χ2n) is 3.28. The normalized spacial score (nSPS) is 12.2. The Morgan fingerprint density at radius 2 is 2.19 bits per heavy atom. The topological polar surface area (TPSA) is 66.8 Å². The van der Waals surface area contributed by atoms with Gasteiger partial charge in [0.2, 0.25) is 0 Å². The second kappa shape index (κ2) is 5.18. The Labute approximate surface area is 98.4 Å². The first-order valence-corrected chi connectivity index (χ1v) is 5.16. The van der Waals surface area contributed by atoms with Crippen LogP contribution in [0, 0.1) is 0 Å². The predicted octanol–water partition coefficient (Wildman–Crippen LogP) is 2.03. The van der Waals surface area contributed by atoms with E-state index in [9.17, 15) is 9.90 Å². The number of benzene rings is 1. The molecule has 2 N–H and O–H groups in total. The molecule has 0 aliphatic carbocycles. The Kier molecular flexibility index (Phi) is 4.15. The fraction of sp³-hybridized carbons (Fsp3) is 0.364. The Balaban J connectivity index is 3.28. The summed E-state index contributed by atoms with van der Waals surface area (Å²) in [6, 6.07) is 3.07. The molecule has 0 aliphatic rings. The van der Waals surface area contributed by atoms with Crippen molar-refractivity contribution in [2.75, 3.05) is 7.11 Å². The number of aliphatic hydroxyl groups excluding tert-OH is 1. The average Bonchev–Trinajstić information content (AvgIpc) is 2.27. The minimum Gasteiger partial charge on any atom is -0.495 e. The van der Waals surface area contributed by atoms with Crippen LogP contribution in [0.15, 0.2) is 12.1 Å². The van der Waals surface area contributed by atoms with Gasteiger partial charge in [-0.05, 0) is 29.7 Å². The van der Waals surface area contributed by atoms with E-state index in [4.69, 9.17) is 21.4 Å². The molecule has 1 rings (SSSR count). The van der Waals surface area contributed by atoms with Gasteiger partial charge in [0.15, 0.2) is 6.10 Å². The van der Waals surface area contributed by atoms with Crippen molar-refractivity contribution in [2.24, 2.45) is 0 Å². The van der Waals surface area contributed by atoms with Crippen LogP contribution in [0.25, 0.3) is 0 Å². The summed E-state index contributed by atoms with van der Waals surface area (Å²) in [5.74, 6) is -0.823. The molecular formula is C11H13ClO4. The summed E-state index contributed by atoms with van der Waals surface area (Å²) in [6.45, 7) is 1.86. The highest BCUT2D eigenvalue weighted by atomic mass is 35.5. The van der Waals surface area contributed by atoms with Crippen LogP contribution in [0.1, 0.15) is 24.2 Å². The molecule has 88 valence electrons. The van der Waals surface area contributed by atoms with Crippen LogP contribution in [0.2, 0.25) is 5.02 Å². The van der Waals surface area contributed by atoms with Crippen LogP contribution in [0.4, 0.5) is 0 Å². The van der Waals surface area contributed by atoms with Crippen molar-refractivity contribution >= 4 is 17.6 Å². The number of ether oxygens (including phenoxy) is 1. The molecule has 0 heterocycles. The van der Waals surface area contributed by atoms with Gasteiger partial charge in [0.05, 0.1) is 12.1 Å². The van der Waals surface area contributed by atoms with E-state index < -0.39 is 12.1 Å².